The molecule has 1 N–H and O–H groups in total. The minimum absolute atomic E-state index is 0.127. The van der Waals surface area contributed by atoms with E-state index in [2.05, 4.69) is 10.4 Å². The third-order valence-corrected chi connectivity index (χ3v) is 7.75. The zero-order chi connectivity index (χ0) is 25.4. The summed E-state index contributed by atoms with van der Waals surface area (Å²) in [6.07, 6.45) is 1.70. The van der Waals surface area contributed by atoms with Crippen molar-refractivity contribution in [2.75, 3.05) is 5.75 Å². The van der Waals surface area contributed by atoms with Crippen LogP contribution in [0, 0.1) is 0 Å². The molecule has 1 unspecified atom stereocenters. The predicted octanol–water partition coefficient (Wildman–Crippen LogP) is 5.18. The minimum atomic E-state index is -0.300. The predicted molar refractivity (Wildman–Crippen MR) is 145 cm³/mol. The van der Waals surface area contributed by atoms with Crippen LogP contribution in [0.4, 0.5) is 0 Å². The summed E-state index contributed by atoms with van der Waals surface area (Å²) >= 11 is 7.62. The van der Waals surface area contributed by atoms with Crippen molar-refractivity contribution in [3.63, 3.8) is 0 Å². The molecule has 1 aliphatic rings. The number of carbonyl (C=O) groups excluding carboxylic acids is 1. The summed E-state index contributed by atoms with van der Waals surface area (Å²) < 4.78 is 3.25. The van der Waals surface area contributed by atoms with Crippen LogP contribution in [0.2, 0.25) is 5.02 Å². The van der Waals surface area contributed by atoms with Crippen LogP contribution in [0.5, 0.6) is 0 Å². The third-order valence-electron chi connectivity index (χ3n) is 6.42. The Morgan fingerprint density at radius 2 is 1.73 bits per heavy atom. The molecular weight excluding hydrogens is 506 g/mol. The quantitative estimate of drug-likeness (QED) is 0.308. The van der Waals surface area contributed by atoms with E-state index in [4.69, 9.17) is 16.6 Å². The van der Waals surface area contributed by atoms with Gasteiger partial charge in [0.25, 0.3) is 5.56 Å². The van der Waals surface area contributed by atoms with Gasteiger partial charge >= 0.3 is 0 Å². The van der Waals surface area contributed by atoms with Crippen molar-refractivity contribution < 1.29 is 4.79 Å². The number of amides is 1. The molecule has 0 saturated carbocycles. The average molecular weight is 528 g/mol. The maximum absolute atomic E-state index is 13.5. The third kappa shape index (κ3) is 4.54. The monoisotopic (exact) mass is 527 g/mol. The van der Waals surface area contributed by atoms with E-state index < -0.39 is 0 Å². The van der Waals surface area contributed by atoms with Gasteiger partial charge in [0.15, 0.2) is 10.8 Å². The van der Waals surface area contributed by atoms with Gasteiger partial charge in [0.1, 0.15) is 5.39 Å². The van der Waals surface area contributed by atoms with Gasteiger partial charge in [-0.3, -0.25) is 14.2 Å². The fraction of sp³-hybridized carbons (Fsp3) is 0.143. The number of benzene rings is 3. The van der Waals surface area contributed by atoms with Crippen molar-refractivity contribution >= 4 is 40.3 Å². The van der Waals surface area contributed by atoms with Crippen LogP contribution in [0.15, 0.2) is 101 Å². The Labute approximate surface area is 222 Å². The molecule has 5 aromatic rings. The Hall–Kier alpha value is -3.88. The van der Waals surface area contributed by atoms with Gasteiger partial charge in [0.05, 0.1) is 24.0 Å². The van der Waals surface area contributed by atoms with Crippen molar-refractivity contribution in [3.05, 3.63) is 118 Å². The number of nitrogens with zero attached hydrogens (tertiary/aromatic N) is 4. The van der Waals surface area contributed by atoms with Crippen molar-refractivity contribution in [2.24, 2.45) is 0 Å². The van der Waals surface area contributed by atoms with Crippen LogP contribution in [-0.4, -0.2) is 31.0 Å². The van der Waals surface area contributed by atoms with E-state index in [0.717, 1.165) is 16.8 Å². The van der Waals surface area contributed by atoms with Crippen LogP contribution < -0.4 is 10.9 Å². The molecule has 0 fully saturated rings. The number of hydrogen-bond donors (Lipinski definition) is 1. The van der Waals surface area contributed by atoms with Gasteiger partial charge in [-0.2, -0.15) is 5.10 Å². The number of nitrogens with one attached hydrogen (secondary N) is 1. The van der Waals surface area contributed by atoms with Crippen molar-refractivity contribution in [1.82, 2.24) is 24.6 Å². The van der Waals surface area contributed by atoms with E-state index in [1.165, 1.54) is 18.0 Å². The minimum Gasteiger partial charge on any atom is -0.345 e. The van der Waals surface area contributed by atoms with Crippen LogP contribution >= 0.6 is 23.4 Å². The van der Waals surface area contributed by atoms with Gasteiger partial charge in [0.2, 0.25) is 5.91 Å². The first kappa shape index (κ1) is 23.5. The van der Waals surface area contributed by atoms with Crippen LogP contribution in [0.3, 0.4) is 0 Å². The first-order valence-corrected chi connectivity index (χ1v) is 13.2. The molecule has 0 aliphatic carbocycles. The van der Waals surface area contributed by atoms with E-state index in [0.29, 0.717) is 27.0 Å². The first-order valence-electron chi connectivity index (χ1n) is 11.9. The summed E-state index contributed by atoms with van der Waals surface area (Å²) in [6.45, 7) is 0. The van der Waals surface area contributed by atoms with E-state index in [1.807, 2.05) is 72.8 Å². The molecule has 0 radical (unpaired) electrons. The molecule has 0 bridgehead atoms. The highest BCUT2D eigenvalue weighted by Gasteiger charge is 2.30. The summed E-state index contributed by atoms with van der Waals surface area (Å²) in [5, 5.41) is 9.14. The molecule has 37 heavy (non-hydrogen) atoms. The highest BCUT2D eigenvalue weighted by Crippen LogP contribution is 2.34. The van der Waals surface area contributed by atoms with Gasteiger partial charge in [-0.1, -0.05) is 90.1 Å². The lowest BCUT2D eigenvalue weighted by molar-refractivity contribution is -0.122. The number of rotatable bonds is 6. The fourth-order valence-electron chi connectivity index (χ4n) is 4.66. The van der Waals surface area contributed by atoms with Gasteiger partial charge in [-0.25, -0.2) is 9.67 Å². The number of hydrogen-bond acceptors (Lipinski definition) is 5. The molecule has 1 aliphatic heterocycles. The fourth-order valence-corrected chi connectivity index (χ4v) is 5.98. The average Bonchev–Trinajstić information content (AvgIpc) is 3.53. The van der Waals surface area contributed by atoms with Crippen LogP contribution in [0.25, 0.3) is 16.7 Å². The largest absolute Gasteiger partial charge is 0.345 e. The van der Waals surface area contributed by atoms with Crippen LogP contribution in [-0.2, 0) is 4.79 Å². The van der Waals surface area contributed by atoms with Gasteiger partial charge in [0, 0.05) is 17.2 Å². The lowest BCUT2D eigenvalue weighted by Crippen LogP contribution is -2.33. The van der Waals surface area contributed by atoms with Gasteiger partial charge in [-0.15, -0.1) is 0 Å². The second-order valence-electron chi connectivity index (χ2n) is 8.83. The molecule has 6 rings (SSSR count). The Kier molecular flexibility index (Phi) is 6.28. The standard InChI is InChI=1S/C28H22ClN5O2S/c29-20-12-7-13-21(14-20)34-26-23(16-30-34)27(36)33-22(17-37-28(33)32-26)15-24(35)31-25(18-8-3-1-4-9-18)19-10-5-2-6-11-19/h1-14,16,22,25H,15,17H2,(H,31,35). The Bertz CT molecular complexity index is 1610. The summed E-state index contributed by atoms with van der Waals surface area (Å²) in [7, 11) is 0. The Morgan fingerprint density at radius 1 is 1.03 bits per heavy atom. The zero-order valence-electron chi connectivity index (χ0n) is 19.6. The first-order chi connectivity index (χ1) is 18.1. The molecule has 3 heterocycles. The van der Waals surface area contributed by atoms with Crippen molar-refractivity contribution in [3.8, 4) is 5.69 Å². The van der Waals surface area contributed by atoms with Crippen molar-refractivity contribution in [2.45, 2.75) is 23.7 Å². The number of fused-ring (bicyclic) bond motifs is 2. The molecule has 7 nitrogen and oxygen atoms in total. The normalized spacial score (nSPS) is 14.7. The van der Waals surface area contributed by atoms with E-state index >= 15 is 0 Å². The highest BCUT2D eigenvalue weighted by molar-refractivity contribution is 7.99. The highest BCUT2D eigenvalue weighted by atomic mass is 35.5. The van der Waals surface area contributed by atoms with Gasteiger partial charge < -0.3 is 5.32 Å². The van der Waals surface area contributed by atoms with Crippen molar-refractivity contribution in [1.29, 1.82) is 0 Å². The summed E-state index contributed by atoms with van der Waals surface area (Å²) in [5.41, 5.74) is 3.00. The molecule has 184 valence electrons. The molecule has 0 saturated heterocycles. The molecule has 2 aromatic heterocycles. The summed E-state index contributed by atoms with van der Waals surface area (Å²) in [5.74, 6) is 0.464. The molecular formula is C28H22ClN5O2S. The summed E-state index contributed by atoms with van der Waals surface area (Å²) in [4.78, 5) is 31.5. The molecule has 9 heteroatoms. The number of thioether (sulfide) groups is 1. The smallest absolute Gasteiger partial charge is 0.265 e. The number of carbonyl (C=O) groups is 1. The molecule has 1 amide bonds. The molecule has 3 aromatic carbocycles. The molecule has 1 atom stereocenters. The lowest BCUT2D eigenvalue weighted by atomic mass is 9.98. The Balaban J connectivity index is 1.28. The number of halogens is 1. The maximum Gasteiger partial charge on any atom is 0.265 e. The summed E-state index contributed by atoms with van der Waals surface area (Å²) in [6, 6.07) is 26.4. The number of aromatic nitrogens is 4. The topological polar surface area (TPSA) is 81.8 Å². The van der Waals surface area contributed by atoms with E-state index in [-0.39, 0.29) is 30.0 Å². The Morgan fingerprint density at radius 3 is 2.41 bits per heavy atom. The second-order valence-corrected chi connectivity index (χ2v) is 10.3. The van der Waals surface area contributed by atoms with E-state index in [9.17, 15) is 9.59 Å². The molecule has 0 spiro atoms. The van der Waals surface area contributed by atoms with Gasteiger partial charge in [-0.05, 0) is 29.3 Å². The second kappa shape index (κ2) is 9.88. The maximum atomic E-state index is 13.5. The lowest BCUT2D eigenvalue weighted by Gasteiger charge is -2.21. The van der Waals surface area contributed by atoms with E-state index in [1.54, 1.807) is 21.4 Å². The zero-order valence-corrected chi connectivity index (χ0v) is 21.2. The SMILES string of the molecule is O=C(CC1CSc2nc3c(cnn3-c3cccc(Cl)c3)c(=O)n21)NC(c1ccccc1)c1ccccc1. The van der Waals surface area contributed by atoms with Crippen LogP contribution in [0.1, 0.15) is 29.6 Å².